The van der Waals surface area contributed by atoms with Crippen molar-refractivity contribution in [3.8, 4) is 5.75 Å². The smallest absolute Gasteiger partial charge is 0.343 e. The number of carbonyl (C=O) groups is 1. The minimum atomic E-state index is -0.286. The lowest BCUT2D eigenvalue weighted by atomic mass is 9.77. The van der Waals surface area contributed by atoms with E-state index in [1.165, 1.54) is 81.8 Å². The summed E-state index contributed by atoms with van der Waals surface area (Å²) in [6.07, 6.45) is 16.1. The van der Waals surface area contributed by atoms with Crippen molar-refractivity contribution in [1.29, 1.82) is 0 Å². The molecule has 2 aromatic carbocycles. The molecule has 1 saturated carbocycles. The summed E-state index contributed by atoms with van der Waals surface area (Å²) in [6, 6.07) is 15.9. The van der Waals surface area contributed by atoms with Crippen molar-refractivity contribution in [2.75, 3.05) is 0 Å². The van der Waals surface area contributed by atoms with Gasteiger partial charge in [0.2, 0.25) is 0 Å². The summed E-state index contributed by atoms with van der Waals surface area (Å²) in [6.45, 7) is 4.39. The number of aryl methyl sites for hydroxylation is 1. The zero-order valence-electron chi connectivity index (χ0n) is 19.6. The Balaban J connectivity index is 1.40. The van der Waals surface area contributed by atoms with E-state index in [0.29, 0.717) is 17.2 Å². The van der Waals surface area contributed by atoms with Gasteiger partial charge in [0.15, 0.2) is 0 Å². The van der Waals surface area contributed by atoms with Crippen LogP contribution in [0.15, 0.2) is 48.5 Å². The van der Waals surface area contributed by atoms with Gasteiger partial charge in [0.05, 0.1) is 5.56 Å². The Bertz CT molecular complexity index is 767. The van der Waals surface area contributed by atoms with Crippen molar-refractivity contribution >= 4 is 5.97 Å². The van der Waals surface area contributed by atoms with Gasteiger partial charge in [-0.2, -0.15) is 0 Å². The first kappa shape index (κ1) is 23.6. The average Bonchev–Trinajstić information content (AvgIpc) is 2.82. The van der Waals surface area contributed by atoms with Crippen LogP contribution in [0.4, 0.5) is 0 Å². The van der Waals surface area contributed by atoms with Gasteiger partial charge < -0.3 is 4.74 Å². The summed E-state index contributed by atoms with van der Waals surface area (Å²) in [4.78, 5) is 12.4. The van der Waals surface area contributed by atoms with E-state index in [0.717, 1.165) is 12.3 Å². The molecule has 0 aliphatic heterocycles. The number of hydrogen-bond donors (Lipinski definition) is 0. The lowest BCUT2D eigenvalue weighted by Crippen LogP contribution is -2.13. The van der Waals surface area contributed by atoms with Crippen molar-refractivity contribution in [3.05, 3.63) is 65.2 Å². The molecule has 3 rings (SSSR count). The van der Waals surface area contributed by atoms with Crippen molar-refractivity contribution in [2.45, 2.75) is 96.8 Å². The van der Waals surface area contributed by atoms with Crippen LogP contribution in [0.25, 0.3) is 0 Å². The Morgan fingerprint density at radius 3 is 2.10 bits per heavy atom. The Morgan fingerprint density at radius 2 is 1.45 bits per heavy atom. The van der Waals surface area contributed by atoms with Gasteiger partial charge in [-0.3, -0.25) is 0 Å². The van der Waals surface area contributed by atoms with Gasteiger partial charge in [0.25, 0.3) is 0 Å². The van der Waals surface area contributed by atoms with E-state index >= 15 is 0 Å². The normalized spacial score (nSPS) is 18.6. The SMILES string of the molecule is CCCCCCCCC1CCC(c2ccc(OC(=O)c3ccc(CC)cc3)cc2)CC1. The quantitative estimate of drug-likeness (QED) is 0.207. The lowest BCUT2D eigenvalue weighted by Gasteiger charge is -2.29. The molecule has 2 heteroatoms. The molecule has 0 saturated heterocycles. The third-order valence-electron chi connectivity index (χ3n) is 6.97. The van der Waals surface area contributed by atoms with Crippen LogP contribution in [0.1, 0.15) is 112 Å². The second-order valence-electron chi connectivity index (χ2n) is 9.28. The van der Waals surface area contributed by atoms with Crippen LogP contribution >= 0.6 is 0 Å². The number of esters is 1. The van der Waals surface area contributed by atoms with E-state index in [4.69, 9.17) is 4.74 Å². The van der Waals surface area contributed by atoms with Gasteiger partial charge >= 0.3 is 5.97 Å². The summed E-state index contributed by atoms with van der Waals surface area (Å²) in [5.74, 6) is 1.93. The predicted molar refractivity (Wildman–Crippen MR) is 130 cm³/mol. The highest BCUT2D eigenvalue weighted by Gasteiger charge is 2.22. The number of benzene rings is 2. The number of carbonyl (C=O) groups excluding carboxylic acids is 1. The zero-order chi connectivity index (χ0) is 21.9. The second-order valence-corrected chi connectivity index (χ2v) is 9.28. The molecular formula is C29H40O2. The van der Waals surface area contributed by atoms with Gasteiger partial charge in [0.1, 0.15) is 5.75 Å². The van der Waals surface area contributed by atoms with Crippen LogP contribution in [0.5, 0.6) is 5.75 Å². The van der Waals surface area contributed by atoms with E-state index in [-0.39, 0.29) is 5.97 Å². The molecule has 0 unspecified atom stereocenters. The highest BCUT2D eigenvalue weighted by atomic mass is 16.5. The summed E-state index contributed by atoms with van der Waals surface area (Å²) in [5.41, 5.74) is 3.22. The molecule has 168 valence electrons. The molecule has 0 bridgehead atoms. The highest BCUT2D eigenvalue weighted by Crippen LogP contribution is 2.38. The number of hydrogen-bond acceptors (Lipinski definition) is 2. The van der Waals surface area contributed by atoms with E-state index in [1.54, 1.807) is 0 Å². The van der Waals surface area contributed by atoms with Crippen LogP contribution < -0.4 is 4.74 Å². The maximum absolute atomic E-state index is 12.4. The minimum Gasteiger partial charge on any atom is -0.423 e. The molecule has 0 amide bonds. The molecule has 0 radical (unpaired) electrons. The maximum atomic E-state index is 12.4. The van der Waals surface area contributed by atoms with E-state index in [9.17, 15) is 4.79 Å². The van der Waals surface area contributed by atoms with Gasteiger partial charge in [-0.15, -0.1) is 0 Å². The van der Waals surface area contributed by atoms with Gasteiger partial charge in [-0.1, -0.05) is 83.1 Å². The second kappa shape index (κ2) is 12.7. The predicted octanol–water partition coefficient (Wildman–Crippen LogP) is 8.49. The van der Waals surface area contributed by atoms with Crippen molar-refractivity contribution in [1.82, 2.24) is 0 Å². The Labute approximate surface area is 189 Å². The van der Waals surface area contributed by atoms with Crippen molar-refractivity contribution in [2.24, 2.45) is 5.92 Å². The van der Waals surface area contributed by atoms with Crippen LogP contribution in [0.3, 0.4) is 0 Å². The van der Waals surface area contributed by atoms with Gasteiger partial charge in [-0.05, 0) is 79.3 Å². The van der Waals surface area contributed by atoms with E-state index < -0.39 is 0 Å². The molecule has 2 aromatic rings. The van der Waals surface area contributed by atoms with E-state index in [2.05, 4.69) is 26.0 Å². The zero-order valence-corrected chi connectivity index (χ0v) is 19.6. The van der Waals surface area contributed by atoms with E-state index in [1.807, 2.05) is 36.4 Å². The molecule has 0 atom stereocenters. The first-order valence-corrected chi connectivity index (χ1v) is 12.6. The Hall–Kier alpha value is -2.09. The third-order valence-corrected chi connectivity index (χ3v) is 6.97. The first-order chi connectivity index (χ1) is 15.2. The Kier molecular flexibility index (Phi) is 9.65. The average molecular weight is 421 g/mol. The minimum absolute atomic E-state index is 0.286. The molecule has 0 heterocycles. The van der Waals surface area contributed by atoms with Crippen LogP contribution in [-0.4, -0.2) is 5.97 Å². The summed E-state index contributed by atoms with van der Waals surface area (Å²) in [7, 11) is 0. The molecule has 0 spiro atoms. The fourth-order valence-electron chi connectivity index (χ4n) is 4.85. The number of ether oxygens (including phenoxy) is 1. The highest BCUT2D eigenvalue weighted by molar-refractivity contribution is 5.91. The topological polar surface area (TPSA) is 26.3 Å². The maximum Gasteiger partial charge on any atom is 0.343 e. The molecule has 1 fully saturated rings. The monoisotopic (exact) mass is 420 g/mol. The Morgan fingerprint density at radius 1 is 0.806 bits per heavy atom. The lowest BCUT2D eigenvalue weighted by molar-refractivity contribution is 0.0734. The molecule has 1 aliphatic carbocycles. The molecule has 1 aliphatic rings. The van der Waals surface area contributed by atoms with Crippen molar-refractivity contribution < 1.29 is 9.53 Å². The fraction of sp³-hybridized carbons (Fsp3) is 0.552. The molecule has 0 N–H and O–H groups in total. The standard InChI is InChI=1S/C29H40O2/c1-3-5-6-7-8-9-10-24-13-15-25(16-14-24)26-19-21-28(22-20-26)31-29(30)27-17-11-23(4-2)12-18-27/h11-12,17-22,24-25H,3-10,13-16H2,1-2H3. The number of rotatable bonds is 11. The van der Waals surface area contributed by atoms with Crippen molar-refractivity contribution in [3.63, 3.8) is 0 Å². The summed E-state index contributed by atoms with van der Waals surface area (Å²) in [5, 5.41) is 0. The molecular weight excluding hydrogens is 380 g/mol. The molecule has 31 heavy (non-hydrogen) atoms. The first-order valence-electron chi connectivity index (χ1n) is 12.6. The molecule has 2 nitrogen and oxygen atoms in total. The fourth-order valence-corrected chi connectivity index (χ4v) is 4.85. The van der Waals surface area contributed by atoms with Crippen LogP contribution in [-0.2, 0) is 6.42 Å². The largest absolute Gasteiger partial charge is 0.423 e. The van der Waals surface area contributed by atoms with Gasteiger partial charge in [0, 0.05) is 0 Å². The molecule has 0 aromatic heterocycles. The summed E-state index contributed by atoms with van der Waals surface area (Å²) >= 11 is 0. The summed E-state index contributed by atoms with van der Waals surface area (Å²) < 4.78 is 5.57. The number of unbranched alkanes of at least 4 members (excludes halogenated alkanes) is 5. The van der Waals surface area contributed by atoms with Gasteiger partial charge in [-0.25, -0.2) is 4.79 Å². The van der Waals surface area contributed by atoms with Crippen LogP contribution in [0, 0.1) is 5.92 Å². The third kappa shape index (κ3) is 7.52. The van der Waals surface area contributed by atoms with Crippen LogP contribution in [0.2, 0.25) is 0 Å².